The fraction of sp³-hybridized carbons (Fsp3) is 0.444. The van der Waals surface area contributed by atoms with Crippen LogP contribution in [0.3, 0.4) is 0 Å². The van der Waals surface area contributed by atoms with Gasteiger partial charge in [-0.1, -0.05) is 25.0 Å². The summed E-state index contributed by atoms with van der Waals surface area (Å²) >= 11 is 0. The van der Waals surface area contributed by atoms with Gasteiger partial charge in [-0.25, -0.2) is 4.98 Å². The minimum Gasteiger partial charge on any atom is -0.349 e. The van der Waals surface area contributed by atoms with Crippen molar-refractivity contribution in [3.8, 4) is 0 Å². The molecule has 2 atom stereocenters. The van der Waals surface area contributed by atoms with Gasteiger partial charge in [0.15, 0.2) is 0 Å². The molecule has 5 nitrogen and oxygen atoms in total. The average Bonchev–Trinajstić information content (AvgIpc) is 3.09. The molecule has 0 saturated heterocycles. The average molecular weight is 312 g/mol. The van der Waals surface area contributed by atoms with Gasteiger partial charge in [0.25, 0.3) is 5.91 Å². The molecule has 1 aliphatic rings. The summed E-state index contributed by atoms with van der Waals surface area (Å²) in [6, 6.07) is 7.99. The van der Waals surface area contributed by atoms with Gasteiger partial charge in [0.1, 0.15) is 0 Å². The first-order valence-corrected chi connectivity index (χ1v) is 8.32. The van der Waals surface area contributed by atoms with Crippen molar-refractivity contribution in [3.05, 3.63) is 54.1 Å². The maximum absolute atomic E-state index is 12.4. The first kappa shape index (κ1) is 15.7. The van der Waals surface area contributed by atoms with Gasteiger partial charge in [-0.3, -0.25) is 4.79 Å². The molecule has 3 N–H and O–H groups in total. The third-order valence-corrected chi connectivity index (χ3v) is 4.67. The van der Waals surface area contributed by atoms with Crippen molar-refractivity contribution < 1.29 is 4.79 Å². The van der Waals surface area contributed by atoms with Crippen molar-refractivity contribution in [1.82, 2.24) is 14.9 Å². The third-order valence-electron chi connectivity index (χ3n) is 4.67. The maximum atomic E-state index is 12.4. The van der Waals surface area contributed by atoms with Crippen molar-refractivity contribution in [1.29, 1.82) is 0 Å². The van der Waals surface area contributed by atoms with Crippen LogP contribution in [0.1, 0.15) is 41.6 Å². The number of rotatable bonds is 5. The Bertz CT molecular complexity index is 621. The molecule has 1 aromatic heterocycles. The zero-order valence-electron chi connectivity index (χ0n) is 13.3. The highest BCUT2D eigenvalue weighted by Gasteiger charge is 2.25. The summed E-state index contributed by atoms with van der Waals surface area (Å²) in [6.45, 7) is 1.41. The minimum atomic E-state index is 0.00420. The quantitative estimate of drug-likeness (QED) is 0.889. The monoisotopic (exact) mass is 312 g/mol. The molecule has 1 heterocycles. The maximum Gasteiger partial charge on any atom is 0.251 e. The van der Waals surface area contributed by atoms with Crippen molar-refractivity contribution in [2.75, 3.05) is 6.54 Å². The number of amides is 1. The van der Waals surface area contributed by atoms with E-state index in [1.807, 2.05) is 35.0 Å². The molecule has 3 rings (SSSR count). The molecule has 1 aliphatic carbocycles. The van der Waals surface area contributed by atoms with Gasteiger partial charge in [0.05, 0.1) is 6.33 Å². The molecule has 1 fully saturated rings. The Kier molecular flexibility index (Phi) is 5.08. The number of nitrogens with two attached hydrogens (primary N) is 1. The van der Waals surface area contributed by atoms with E-state index in [9.17, 15) is 4.79 Å². The molecule has 0 bridgehead atoms. The van der Waals surface area contributed by atoms with Crippen molar-refractivity contribution in [2.45, 2.75) is 38.3 Å². The number of carbonyl (C=O) groups is 1. The van der Waals surface area contributed by atoms with Crippen LogP contribution in [0.5, 0.6) is 0 Å². The molecule has 122 valence electrons. The zero-order valence-corrected chi connectivity index (χ0v) is 13.3. The molecular weight excluding hydrogens is 288 g/mol. The van der Waals surface area contributed by atoms with E-state index in [0.29, 0.717) is 18.0 Å². The fourth-order valence-corrected chi connectivity index (χ4v) is 3.28. The molecule has 1 aromatic carbocycles. The van der Waals surface area contributed by atoms with E-state index in [-0.39, 0.29) is 11.9 Å². The highest BCUT2D eigenvalue weighted by molar-refractivity contribution is 5.94. The topological polar surface area (TPSA) is 72.9 Å². The molecule has 0 radical (unpaired) electrons. The lowest BCUT2D eigenvalue weighted by atomic mass is 9.84. The van der Waals surface area contributed by atoms with Crippen molar-refractivity contribution in [3.63, 3.8) is 0 Å². The summed E-state index contributed by atoms with van der Waals surface area (Å²) in [6.07, 6.45) is 10.0. The highest BCUT2D eigenvalue weighted by Crippen LogP contribution is 2.23. The van der Waals surface area contributed by atoms with E-state index < -0.39 is 0 Å². The Morgan fingerprint density at radius 2 is 2.04 bits per heavy atom. The second-order valence-corrected chi connectivity index (χ2v) is 6.29. The normalized spacial score (nSPS) is 21.1. The minimum absolute atomic E-state index is 0.00420. The Morgan fingerprint density at radius 1 is 1.26 bits per heavy atom. The molecule has 1 amide bonds. The van der Waals surface area contributed by atoms with E-state index in [1.165, 1.54) is 12.8 Å². The van der Waals surface area contributed by atoms with E-state index >= 15 is 0 Å². The number of imidazole rings is 1. The van der Waals surface area contributed by atoms with Crippen LogP contribution in [0.2, 0.25) is 0 Å². The van der Waals surface area contributed by atoms with E-state index in [0.717, 1.165) is 24.9 Å². The van der Waals surface area contributed by atoms with Gasteiger partial charge in [0, 0.05) is 30.5 Å². The van der Waals surface area contributed by atoms with Crippen LogP contribution in [0, 0.1) is 5.92 Å². The number of carbonyl (C=O) groups excluding carboxylic acids is 1. The van der Waals surface area contributed by atoms with Gasteiger partial charge in [-0.15, -0.1) is 0 Å². The second kappa shape index (κ2) is 7.42. The lowest BCUT2D eigenvalue weighted by Gasteiger charge is -2.31. The summed E-state index contributed by atoms with van der Waals surface area (Å²) < 4.78 is 2.00. The number of nitrogens with one attached hydrogen (secondary N) is 1. The molecule has 2 aromatic rings. The number of aromatic nitrogens is 2. The molecule has 0 aliphatic heterocycles. The molecule has 0 spiro atoms. The standard InChI is InChI=1S/C18H24N4O/c19-11-16-3-1-2-4-17(16)21-18(23)15-7-5-14(6-8-15)12-22-10-9-20-13-22/h5-10,13,16-17H,1-4,11-12,19H2,(H,21,23). The first-order chi connectivity index (χ1) is 11.3. The Hall–Kier alpha value is -2.14. The summed E-state index contributed by atoms with van der Waals surface area (Å²) in [5, 5.41) is 3.17. The smallest absolute Gasteiger partial charge is 0.251 e. The van der Waals surface area contributed by atoms with Gasteiger partial charge in [-0.05, 0) is 43.0 Å². The lowest BCUT2D eigenvalue weighted by Crippen LogP contribution is -2.44. The van der Waals surface area contributed by atoms with Gasteiger partial charge in [-0.2, -0.15) is 0 Å². The second-order valence-electron chi connectivity index (χ2n) is 6.29. The van der Waals surface area contributed by atoms with E-state index in [4.69, 9.17) is 5.73 Å². The lowest BCUT2D eigenvalue weighted by molar-refractivity contribution is 0.0908. The van der Waals surface area contributed by atoms with E-state index in [2.05, 4.69) is 10.3 Å². The first-order valence-electron chi connectivity index (χ1n) is 8.32. The van der Waals surface area contributed by atoms with Crippen LogP contribution >= 0.6 is 0 Å². The molecule has 2 unspecified atom stereocenters. The van der Waals surface area contributed by atoms with Crippen LogP contribution in [-0.2, 0) is 6.54 Å². The van der Waals surface area contributed by atoms with Gasteiger partial charge in [0.2, 0.25) is 0 Å². The van der Waals surface area contributed by atoms with Crippen molar-refractivity contribution >= 4 is 5.91 Å². The van der Waals surface area contributed by atoms with Crippen LogP contribution in [0.15, 0.2) is 43.0 Å². The predicted molar refractivity (Wildman–Crippen MR) is 90.0 cm³/mol. The molecule has 5 heteroatoms. The van der Waals surface area contributed by atoms with Crippen molar-refractivity contribution in [2.24, 2.45) is 11.7 Å². The molecule has 1 saturated carbocycles. The van der Waals surface area contributed by atoms with Gasteiger partial charge < -0.3 is 15.6 Å². The highest BCUT2D eigenvalue weighted by atomic mass is 16.1. The van der Waals surface area contributed by atoms with Crippen LogP contribution < -0.4 is 11.1 Å². The molecule has 23 heavy (non-hydrogen) atoms. The van der Waals surface area contributed by atoms with Crippen LogP contribution in [0.4, 0.5) is 0 Å². The summed E-state index contributed by atoms with van der Waals surface area (Å²) in [5.74, 6) is 0.415. The van der Waals surface area contributed by atoms with Crippen LogP contribution in [0.25, 0.3) is 0 Å². The summed E-state index contributed by atoms with van der Waals surface area (Å²) in [7, 11) is 0. The summed E-state index contributed by atoms with van der Waals surface area (Å²) in [4.78, 5) is 16.5. The number of benzene rings is 1. The molecular formula is C18H24N4O. The SMILES string of the molecule is NCC1CCCCC1NC(=O)c1ccc(Cn2ccnc2)cc1. The Labute approximate surface area is 136 Å². The largest absolute Gasteiger partial charge is 0.349 e. The third kappa shape index (κ3) is 3.99. The van der Waals surface area contributed by atoms with Crippen LogP contribution in [-0.4, -0.2) is 28.0 Å². The predicted octanol–water partition coefficient (Wildman–Crippen LogP) is 2.18. The summed E-state index contributed by atoms with van der Waals surface area (Å²) in [5.41, 5.74) is 7.69. The van der Waals surface area contributed by atoms with Gasteiger partial charge >= 0.3 is 0 Å². The fourth-order valence-electron chi connectivity index (χ4n) is 3.28. The number of hydrogen-bond donors (Lipinski definition) is 2. The van der Waals surface area contributed by atoms with E-state index in [1.54, 1.807) is 12.5 Å². The Morgan fingerprint density at radius 3 is 2.74 bits per heavy atom. The zero-order chi connectivity index (χ0) is 16.1. The number of hydrogen-bond acceptors (Lipinski definition) is 3. The number of nitrogens with zero attached hydrogens (tertiary/aromatic N) is 2. The Balaban J connectivity index is 1.61.